The van der Waals surface area contributed by atoms with Crippen LogP contribution in [0.15, 0.2) is 0 Å². The lowest BCUT2D eigenvalue weighted by atomic mass is 9.94. The van der Waals surface area contributed by atoms with Gasteiger partial charge in [0.25, 0.3) is 0 Å². The number of hydrogen-bond acceptors (Lipinski definition) is 3. The first-order valence-electron chi connectivity index (χ1n) is 6.83. The lowest BCUT2D eigenvalue weighted by molar-refractivity contribution is -0.150. The molecule has 0 aromatic carbocycles. The second-order valence-electron chi connectivity index (χ2n) is 5.32. The zero-order valence-electron chi connectivity index (χ0n) is 12.0. The Balaban J connectivity index is 3.42. The van der Waals surface area contributed by atoms with E-state index >= 15 is 0 Å². The van der Waals surface area contributed by atoms with Crippen molar-refractivity contribution >= 4 is 5.97 Å². The maximum absolute atomic E-state index is 11.4. The monoisotopic (exact) mass is 243 g/mol. The molecular weight excluding hydrogens is 214 g/mol. The molecule has 3 heteroatoms. The second-order valence-corrected chi connectivity index (χ2v) is 5.32. The fourth-order valence-electron chi connectivity index (χ4n) is 1.78. The van der Waals surface area contributed by atoms with Crippen LogP contribution < -0.4 is 5.32 Å². The molecule has 0 amide bonds. The van der Waals surface area contributed by atoms with Crippen molar-refractivity contribution in [3.8, 4) is 0 Å². The summed E-state index contributed by atoms with van der Waals surface area (Å²) in [6.07, 6.45) is 7.81. The smallest absolute Gasteiger partial charge is 0.312 e. The SMILES string of the molecule is CCCCCCCCNCC(C)(C)C(=O)OC. The molecule has 1 N–H and O–H groups in total. The number of carbonyl (C=O) groups excluding carboxylic acids is 1. The van der Waals surface area contributed by atoms with Gasteiger partial charge in [-0.15, -0.1) is 0 Å². The Morgan fingerprint density at radius 1 is 1.12 bits per heavy atom. The summed E-state index contributed by atoms with van der Waals surface area (Å²) >= 11 is 0. The zero-order valence-corrected chi connectivity index (χ0v) is 12.0. The number of ether oxygens (including phenoxy) is 1. The van der Waals surface area contributed by atoms with Gasteiger partial charge in [0.1, 0.15) is 0 Å². The van der Waals surface area contributed by atoms with Crippen molar-refractivity contribution in [2.45, 2.75) is 59.3 Å². The van der Waals surface area contributed by atoms with Gasteiger partial charge in [-0.1, -0.05) is 39.0 Å². The van der Waals surface area contributed by atoms with Gasteiger partial charge in [0.15, 0.2) is 0 Å². The number of methoxy groups -OCH3 is 1. The van der Waals surface area contributed by atoms with E-state index in [2.05, 4.69) is 12.2 Å². The fraction of sp³-hybridized carbons (Fsp3) is 0.929. The molecule has 0 fully saturated rings. The Morgan fingerprint density at radius 3 is 2.29 bits per heavy atom. The van der Waals surface area contributed by atoms with E-state index in [-0.39, 0.29) is 5.97 Å². The molecule has 102 valence electrons. The summed E-state index contributed by atoms with van der Waals surface area (Å²) in [5.41, 5.74) is -0.420. The van der Waals surface area contributed by atoms with Crippen LogP contribution in [0, 0.1) is 5.41 Å². The highest BCUT2D eigenvalue weighted by Crippen LogP contribution is 2.15. The average Bonchev–Trinajstić information content (AvgIpc) is 2.31. The van der Waals surface area contributed by atoms with Gasteiger partial charge in [0, 0.05) is 6.54 Å². The summed E-state index contributed by atoms with van der Waals surface area (Å²) in [6, 6.07) is 0. The first-order chi connectivity index (χ1) is 8.04. The molecule has 0 saturated carbocycles. The highest BCUT2D eigenvalue weighted by Gasteiger charge is 2.27. The Labute approximate surface area is 106 Å². The molecule has 17 heavy (non-hydrogen) atoms. The third-order valence-electron chi connectivity index (χ3n) is 3.01. The topological polar surface area (TPSA) is 38.3 Å². The van der Waals surface area contributed by atoms with Crippen LogP contribution in [0.4, 0.5) is 0 Å². The van der Waals surface area contributed by atoms with E-state index < -0.39 is 5.41 Å². The minimum atomic E-state index is -0.420. The predicted molar refractivity (Wildman–Crippen MR) is 72.0 cm³/mol. The van der Waals surface area contributed by atoms with E-state index in [1.807, 2.05) is 13.8 Å². The number of hydrogen-bond donors (Lipinski definition) is 1. The molecule has 0 atom stereocenters. The number of carbonyl (C=O) groups is 1. The summed E-state index contributed by atoms with van der Waals surface area (Å²) in [5.74, 6) is -0.145. The van der Waals surface area contributed by atoms with Crippen LogP contribution in [0.2, 0.25) is 0 Å². The molecule has 0 radical (unpaired) electrons. The highest BCUT2D eigenvalue weighted by molar-refractivity contribution is 5.75. The molecule has 3 nitrogen and oxygen atoms in total. The van der Waals surface area contributed by atoms with E-state index in [0.717, 1.165) is 6.54 Å². The summed E-state index contributed by atoms with van der Waals surface area (Å²) < 4.78 is 4.76. The van der Waals surface area contributed by atoms with Crippen molar-refractivity contribution in [3.05, 3.63) is 0 Å². The molecule has 0 unspecified atom stereocenters. The molecule has 0 aliphatic heterocycles. The number of nitrogens with one attached hydrogen (secondary N) is 1. The maximum Gasteiger partial charge on any atom is 0.312 e. The van der Waals surface area contributed by atoms with Gasteiger partial charge in [0.05, 0.1) is 12.5 Å². The molecule has 0 heterocycles. The zero-order chi connectivity index (χ0) is 13.1. The lowest BCUT2D eigenvalue weighted by Crippen LogP contribution is -2.37. The predicted octanol–water partition coefficient (Wildman–Crippen LogP) is 3.14. The van der Waals surface area contributed by atoms with Crippen LogP contribution in [0.25, 0.3) is 0 Å². The van der Waals surface area contributed by atoms with Crippen LogP contribution >= 0.6 is 0 Å². The van der Waals surface area contributed by atoms with Gasteiger partial charge in [-0.2, -0.15) is 0 Å². The van der Waals surface area contributed by atoms with E-state index in [0.29, 0.717) is 6.54 Å². The van der Waals surface area contributed by atoms with Crippen molar-refractivity contribution in [1.29, 1.82) is 0 Å². The second kappa shape index (κ2) is 9.46. The number of rotatable bonds is 10. The molecule has 0 rings (SSSR count). The van der Waals surface area contributed by atoms with Crippen LogP contribution in [0.5, 0.6) is 0 Å². The van der Waals surface area contributed by atoms with Crippen LogP contribution in [0.1, 0.15) is 59.3 Å². The van der Waals surface area contributed by atoms with Gasteiger partial charge in [-0.3, -0.25) is 4.79 Å². The molecule has 0 aliphatic carbocycles. The quantitative estimate of drug-likeness (QED) is 0.473. The lowest BCUT2D eigenvalue weighted by Gasteiger charge is -2.21. The molecule has 0 saturated heterocycles. The van der Waals surface area contributed by atoms with E-state index in [9.17, 15) is 4.79 Å². The molecule has 0 aromatic heterocycles. The van der Waals surface area contributed by atoms with Crippen molar-refractivity contribution < 1.29 is 9.53 Å². The van der Waals surface area contributed by atoms with Gasteiger partial charge in [-0.25, -0.2) is 0 Å². The number of esters is 1. The van der Waals surface area contributed by atoms with E-state index in [4.69, 9.17) is 4.74 Å². The van der Waals surface area contributed by atoms with Gasteiger partial charge in [-0.05, 0) is 26.8 Å². The molecule has 0 aliphatic rings. The van der Waals surface area contributed by atoms with Crippen LogP contribution in [-0.4, -0.2) is 26.2 Å². The third-order valence-corrected chi connectivity index (χ3v) is 3.01. The Hall–Kier alpha value is -0.570. The van der Waals surface area contributed by atoms with Gasteiger partial charge >= 0.3 is 5.97 Å². The first-order valence-corrected chi connectivity index (χ1v) is 6.83. The maximum atomic E-state index is 11.4. The van der Waals surface area contributed by atoms with Crippen LogP contribution in [-0.2, 0) is 9.53 Å². The van der Waals surface area contributed by atoms with Crippen molar-refractivity contribution in [1.82, 2.24) is 5.32 Å². The largest absolute Gasteiger partial charge is 0.469 e. The third kappa shape index (κ3) is 8.19. The summed E-state index contributed by atoms with van der Waals surface area (Å²) in [7, 11) is 1.44. The van der Waals surface area contributed by atoms with Crippen molar-refractivity contribution in [3.63, 3.8) is 0 Å². The summed E-state index contributed by atoms with van der Waals surface area (Å²) in [6.45, 7) is 7.73. The Bertz CT molecular complexity index is 202. The number of unbranched alkanes of at least 4 members (excludes halogenated alkanes) is 5. The van der Waals surface area contributed by atoms with Gasteiger partial charge < -0.3 is 10.1 Å². The minimum absolute atomic E-state index is 0.145. The van der Waals surface area contributed by atoms with E-state index in [1.54, 1.807) is 0 Å². The van der Waals surface area contributed by atoms with Crippen molar-refractivity contribution in [2.75, 3.05) is 20.2 Å². The molecule has 0 bridgehead atoms. The minimum Gasteiger partial charge on any atom is -0.469 e. The average molecular weight is 243 g/mol. The Morgan fingerprint density at radius 2 is 1.71 bits per heavy atom. The van der Waals surface area contributed by atoms with E-state index in [1.165, 1.54) is 45.6 Å². The first kappa shape index (κ1) is 16.4. The Kier molecular flexibility index (Phi) is 9.14. The highest BCUT2D eigenvalue weighted by atomic mass is 16.5. The van der Waals surface area contributed by atoms with Gasteiger partial charge in [0.2, 0.25) is 0 Å². The van der Waals surface area contributed by atoms with Crippen LogP contribution in [0.3, 0.4) is 0 Å². The molecular formula is C14H29NO2. The normalized spacial score (nSPS) is 11.5. The van der Waals surface area contributed by atoms with Crippen molar-refractivity contribution in [2.24, 2.45) is 5.41 Å². The molecule has 0 aromatic rings. The summed E-state index contributed by atoms with van der Waals surface area (Å²) in [4.78, 5) is 11.4. The standard InChI is InChI=1S/C14H29NO2/c1-5-6-7-8-9-10-11-15-12-14(2,3)13(16)17-4/h15H,5-12H2,1-4H3. The molecule has 0 spiro atoms. The fourth-order valence-corrected chi connectivity index (χ4v) is 1.78. The summed E-state index contributed by atoms with van der Waals surface area (Å²) in [5, 5.41) is 3.33.